The van der Waals surface area contributed by atoms with Gasteiger partial charge >= 0.3 is 46.1 Å². The largest absolute Gasteiger partial charge is 2.00 e. The van der Waals surface area contributed by atoms with Crippen LogP contribution in [-0.2, 0) is 9.36 Å². The van der Waals surface area contributed by atoms with Crippen LogP contribution in [0.15, 0.2) is 4.76 Å². The summed E-state index contributed by atoms with van der Waals surface area (Å²) in [6.45, 7) is -0.616. The summed E-state index contributed by atoms with van der Waals surface area (Å²) >= 11 is 0. The van der Waals surface area contributed by atoms with E-state index in [9.17, 15) is 19.4 Å². The second-order valence-corrected chi connectivity index (χ2v) is 3.36. The van der Waals surface area contributed by atoms with Crippen molar-refractivity contribution in [1.29, 1.82) is 0 Å². The Bertz CT molecular complexity index is 279. The Morgan fingerprint density at radius 1 is 1.60 bits per heavy atom. The Hall–Kier alpha value is 0.422. The molecule has 3 N–H and O–H groups in total. The maximum Gasteiger partial charge on any atom is 2.00 e. The summed E-state index contributed by atoms with van der Waals surface area (Å²) in [4.78, 5) is 29.2. The van der Waals surface area contributed by atoms with Crippen LogP contribution < -0.4 is 15.7 Å². The Kier molecular flexibility index (Phi) is 11.9. The molecule has 15 heavy (non-hydrogen) atoms. The number of hydrogen-bond donors (Lipinski definition) is 2. The Labute approximate surface area is 118 Å². The van der Waals surface area contributed by atoms with E-state index in [1.807, 2.05) is 0 Å². The maximum atomic E-state index is 10.2. The third kappa shape index (κ3) is 12.4. The fraction of sp³-hybridized carbons (Fsp3) is 0.500. The van der Waals surface area contributed by atoms with E-state index < -0.39 is 26.2 Å². The number of nitrogens with two attached hydrogens (primary N) is 1. The summed E-state index contributed by atoms with van der Waals surface area (Å²) in [5, 5.41) is 10.0. The molecule has 0 aliphatic heterocycles. The van der Waals surface area contributed by atoms with Crippen LogP contribution in [-0.4, -0.2) is 81.4 Å². The number of rotatable bonds is 3. The zero-order valence-corrected chi connectivity index (χ0v) is 11.8. The molecule has 0 aliphatic rings. The van der Waals surface area contributed by atoms with Gasteiger partial charge in [0, 0.05) is 7.05 Å². The maximum absolute atomic E-state index is 10.2. The van der Waals surface area contributed by atoms with Crippen molar-refractivity contribution < 1.29 is 24.3 Å². The third-order valence-corrected chi connectivity index (χ3v) is 1.44. The van der Waals surface area contributed by atoms with Crippen molar-refractivity contribution in [2.24, 2.45) is 10.5 Å². The first kappa shape index (κ1) is 20.8. The van der Waals surface area contributed by atoms with Gasteiger partial charge in [0.2, 0.25) is 0 Å². The van der Waals surface area contributed by atoms with Crippen molar-refractivity contribution in [3.8, 4) is 0 Å². The zero-order valence-electron chi connectivity index (χ0n) is 8.12. The van der Waals surface area contributed by atoms with Crippen LogP contribution in [0.2, 0.25) is 0 Å². The van der Waals surface area contributed by atoms with Gasteiger partial charge in [-0.25, -0.2) is 0 Å². The number of hydrogen-bond acceptors (Lipinski definition) is 4. The number of likely N-dealkylation sites (N-methyl/N-ethyl adjacent to an activating group) is 1. The summed E-state index contributed by atoms with van der Waals surface area (Å²) in [6.07, 6.45) is 0. The van der Waals surface area contributed by atoms with Gasteiger partial charge in [-0.3, -0.25) is 4.57 Å². The summed E-state index contributed by atoms with van der Waals surface area (Å²) in [5.41, 5.74) is 5.00. The molecule has 0 aromatic heterocycles. The number of carbonyl (C=O) groups is 1. The molecule has 0 fully saturated rings. The molecule has 0 aromatic rings. The normalized spacial score (nSPS) is 14.2. The van der Waals surface area contributed by atoms with E-state index in [-0.39, 0.29) is 46.1 Å². The first-order chi connectivity index (χ1) is 5.72. The minimum absolute atomic E-state index is 0. The van der Waals surface area contributed by atoms with Crippen molar-refractivity contribution >= 4 is 65.8 Å². The van der Waals surface area contributed by atoms with Gasteiger partial charge in [-0.2, -0.15) is 4.76 Å². The molecular weight excluding hydrogens is 250 g/mol. The van der Waals surface area contributed by atoms with Gasteiger partial charge in [-0.15, -0.1) is 0 Å². The predicted molar refractivity (Wildman–Crippen MR) is 50.6 cm³/mol. The van der Waals surface area contributed by atoms with Gasteiger partial charge in [-0.05, 0) is 0 Å². The smallest absolute Gasteiger partial charge is 0.760 e. The van der Waals surface area contributed by atoms with E-state index in [0.29, 0.717) is 0 Å². The van der Waals surface area contributed by atoms with Crippen LogP contribution in [0.1, 0.15) is 0 Å². The van der Waals surface area contributed by atoms with Crippen molar-refractivity contribution in [3.63, 3.8) is 0 Å². The molecule has 0 bridgehead atoms. The summed E-state index contributed by atoms with van der Waals surface area (Å²) in [6, 6.07) is 0. The van der Waals surface area contributed by atoms with E-state index >= 15 is 0 Å². The average Bonchev–Trinajstić information content (AvgIpc) is 1.81. The van der Waals surface area contributed by atoms with Crippen LogP contribution in [0.4, 0.5) is 0 Å². The van der Waals surface area contributed by atoms with Crippen molar-refractivity contribution in [3.05, 3.63) is 0 Å². The molecule has 1 atom stereocenters. The summed E-state index contributed by atoms with van der Waals surface area (Å²) in [5.74, 6) is -2.07. The van der Waals surface area contributed by atoms with E-state index in [4.69, 9.17) is 10.6 Å². The van der Waals surface area contributed by atoms with E-state index in [0.717, 1.165) is 4.90 Å². The summed E-state index contributed by atoms with van der Waals surface area (Å²) < 4.78 is 12.8. The first-order valence-electron chi connectivity index (χ1n) is 3.03. The van der Waals surface area contributed by atoms with E-state index in [1.165, 1.54) is 7.05 Å². The number of carbonyl (C=O) groups excluding carboxylic acids is 1. The quantitative estimate of drug-likeness (QED) is 0.225. The first-order valence-corrected chi connectivity index (χ1v) is 4.56. The molecule has 0 rings (SSSR count). The number of aliphatic carboxylic acids is 1. The monoisotopic (exact) mass is 257 g/mol. The molecular formula is C4H8Mg2N3O5P+2. The second-order valence-electron chi connectivity index (χ2n) is 2.18. The van der Waals surface area contributed by atoms with Gasteiger partial charge in [0.25, 0.3) is 7.75 Å². The molecule has 0 heterocycles. The van der Waals surface area contributed by atoms with Crippen LogP contribution in [0.25, 0.3) is 0 Å². The fourth-order valence-electron chi connectivity index (χ4n) is 0.480. The predicted octanol–water partition coefficient (Wildman–Crippen LogP) is -4.32. The van der Waals surface area contributed by atoms with Crippen LogP contribution in [0, 0.1) is 0 Å². The van der Waals surface area contributed by atoms with E-state index in [1.54, 1.807) is 0 Å². The zero-order chi connectivity index (χ0) is 10.6. The van der Waals surface area contributed by atoms with Crippen LogP contribution in [0.3, 0.4) is 0 Å². The standard InChI is InChI=1S/C4H10N3O5P.2Mg/c1-7(2-3(8)9)4(5)6-13(10,11)12;;/h2H2,1H3,(H,8,9)(H4,5,6,10,11,12);;/q;2*+2/p-2. The molecule has 0 saturated heterocycles. The number of guanidine groups is 1. The molecule has 0 radical (unpaired) electrons. The molecule has 11 heteroatoms. The molecule has 76 valence electrons. The Balaban J connectivity index is -0.000000720. The minimum Gasteiger partial charge on any atom is -0.760 e. The molecule has 0 spiro atoms. The van der Waals surface area contributed by atoms with Crippen LogP contribution >= 0.6 is 7.75 Å². The topological polar surface area (TPSA) is 142 Å². The molecule has 0 aromatic carbocycles. The van der Waals surface area contributed by atoms with Gasteiger partial charge in [0.15, 0.2) is 5.96 Å². The SMILES string of the molecule is CN(CC(=O)[O-])/C(N)=N/P(=O)([O-])O.[Mg+2].[Mg+2]. The molecule has 1 unspecified atom stereocenters. The molecule has 0 amide bonds. The van der Waals surface area contributed by atoms with E-state index in [2.05, 4.69) is 4.76 Å². The van der Waals surface area contributed by atoms with Gasteiger partial charge in [-0.1, -0.05) is 0 Å². The fourth-order valence-corrected chi connectivity index (χ4v) is 0.892. The summed E-state index contributed by atoms with van der Waals surface area (Å²) in [7, 11) is -3.68. The number of carboxylic acid groups (broad SMARTS) is 1. The van der Waals surface area contributed by atoms with Crippen molar-refractivity contribution in [2.75, 3.05) is 13.6 Å². The average molecular weight is 258 g/mol. The molecule has 8 nitrogen and oxygen atoms in total. The molecule has 0 aliphatic carbocycles. The van der Waals surface area contributed by atoms with Gasteiger partial charge < -0.3 is 30.3 Å². The van der Waals surface area contributed by atoms with Crippen LogP contribution in [0.5, 0.6) is 0 Å². The van der Waals surface area contributed by atoms with Gasteiger partial charge in [0.05, 0.1) is 12.5 Å². The van der Waals surface area contributed by atoms with Crippen molar-refractivity contribution in [2.45, 2.75) is 0 Å². The Morgan fingerprint density at radius 2 is 2.00 bits per heavy atom. The Morgan fingerprint density at radius 3 is 2.27 bits per heavy atom. The number of carboxylic acids is 1. The third-order valence-electron chi connectivity index (χ3n) is 0.986. The second kappa shape index (κ2) is 8.56. The van der Waals surface area contributed by atoms with Crippen molar-refractivity contribution in [1.82, 2.24) is 4.90 Å². The van der Waals surface area contributed by atoms with Gasteiger partial charge in [0.1, 0.15) is 0 Å². The molecule has 0 saturated carbocycles. The minimum atomic E-state index is -4.86. The number of nitrogens with zero attached hydrogens (tertiary/aromatic N) is 2.